The first-order valence-electron chi connectivity index (χ1n) is 6.39. The van der Waals surface area contributed by atoms with Crippen LogP contribution in [0.15, 0.2) is 18.2 Å². The van der Waals surface area contributed by atoms with Gasteiger partial charge in [0.25, 0.3) is 0 Å². The summed E-state index contributed by atoms with van der Waals surface area (Å²) in [7, 11) is 0. The molecule has 1 aromatic carbocycles. The summed E-state index contributed by atoms with van der Waals surface area (Å²) in [6, 6.07) is 4.49. The Labute approximate surface area is 120 Å². The van der Waals surface area contributed by atoms with Crippen molar-refractivity contribution in [3.8, 4) is 17.6 Å². The summed E-state index contributed by atoms with van der Waals surface area (Å²) in [5, 5.41) is 0. The van der Waals surface area contributed by atoms with Gasteiger partial charge >= 0.3 is 0 Å². The summed E-state index contributed by atoms with van der Waals surface area (Å²) in [6.45, 7) is 7.15. The van der Waals surface area contributed by atoms with E-state index in [1.807, 2.05) is 0 Å². The van der Waals surface area contributed by atoms with Crippen LogP contribution < -0.4 is 4.74 Å². The van der Waals surface area contributed by atoms with Gasteiger partial charge in [-0.3, -0.25) is 0 Å². The van der Waals surface area contributed by atoms with E-state index in [-0.39, 0.29) is 11.7 Å². The molecule has 0 saturated carbocycles. The molecule has 0 atom stereocenters. The molecule has 0 amide bonds. The highest BCUT2D eigenvalue weighted by Crippen LogP contribution is 2.21. The van der Waals surface area contributed by atoms with E-state index in [2.05, 4.69) is 32.6 Å². The zero-order chi connectivity index (χ0) is 14.3. The van der Waals surface area contributed by atoms with Gasteiger partial charge in [-0.25, -0.2) is 4.39 Å². The molecule has 0 heterocycles. The largest absolute Gasteiger partial charge is 0.493 e. The highest BCUT2D eigenvalue weighted by molar-refractivity contribution is 6.19. The molecule has 0 spiro atoms. The van der Waals surface area contributed by atoms with E-state index in [1.165, 1.54) is 12.1 Å². The van der Waals surface area contributed by atoms with Crippen LogP contribution in [0.4, 0.5) is 4.39 Å². The zero-order valence-corrected chi connectivity index (χ0v) is 12.5. The molecule has 0 fully saturated rings. The molecule has 0 bridgehead atoms. The number of ether oxygens (including phenoxy) is 1. The van der Waals surface area contributed by atoms with Crippen molar-refractivity contribution in [3.05, 3.63) is 29.6 Å². The van der Waals surface area contributed by atoms with Crippen molar-refractivity contribution in [1.82, 2.24) is 0 Å². The van der Waals surface area contributed by atoms with Crippen LogP contribution in [0.1, 0.15) is 39.2 Å². The molecular formula is C16H20ClFO. The molecule has 19 heavy (non-hydrogen) atoms. The van der Waals surface area contributed by atoms with E-state index >= 15 is 0 Å². The lowest BCUT2D eigenvalue weighted by Gasteiger charge is -2.17. The lowest BCUT2D eigenvalue weighted by Crippen LogP contribution is -2.08. The topological polar surface area (TPSA) is 9.23 Å². The quantitative estimate of drug-likeness (QED) is 0.445. The molecule has 0 aliphatic heterocycles. The van der Waals surface area contributed by atoms with Crippen LogP contribution >= 0.6 is 11.6 Å². The molecule has 0 unspecified atom stereocenters. The Morgan fingerprint density at radius 2 is 2.00 bits per heavy atom. The van der Waals surface area contributed by atoms with Crippen molar-refractivity contribution in [3.63, 3.8) is 0 Å². The maximum atomic E-state index is 13.4. The fraction of sp³-hybridized carbons (Fsp3) is 0.500. The summed E-state index contributed by atoms with van der Waals surface area (Å²) < 4.78 is 18.9. The van der Waals surface area contributed by atoms with Crippen LogP contribution in [0, 0.1) is 23.1 Å². The van der Waals surface area contributed by atoms with E-state index in [9.17, 15) is 4.39 Å². The lowest BCUT2D eigenvalue weighted by molar-refractivity contribution is 0.268. The van der Waals surface area contributed by atoms with Gasteiger partial charge in [-0.2, -0.15) is 0 Å². The van der Waals surface area contributed by atoms with E-state index < -0.39 is 0 Å². The number of halogens is 2. The first kappa shape index (κ1) is 15.9. The standard InChI is InChI=1S/C16H20ClFO/c1-16(2,3)7-5-9-19-15-11-13(6-4-8-17)10-14(18)12-15/h10-12H,5,7-9H2,1-3H3. The average molecular weight is 283 g/mol. The third-order valence-electron chi connectivity index (χ3n) is 2.51. The van der Waals surface area contributed by atoms with E-state index in [4.69, 9.17) is 16.3 Å². The second-order valence-corrected chi connectivity index (χ2v) is 5.89. The summed E-state index contributed by atoms with van der Waals surface area (Å²) in [5.74, 6) is 5.90. The monoisotopic (exact) mass is 282 g/mol. The minimum absolute atomic E-state index is 0.234. The molecule has 104 valence electrons. The minimum Gasteiger partial charge on any atom is -0.493 e. The van der Waals surface area contributed by atoms with Crippen molar-refractivity contribution < 1.29 is 9.13 Å². The van der Waals surface area contributed by atoms with E-state index in [0.717, 1.165) is 12.8 Å². The van der Waals surface area contributed by atoms with Gasteiger partial charge in [-0.05, 0) is 30.4 Å². The molecule has 0 radical (unpaired) electrons. The summed E-state index contributed by atoms with van der Waals surface area (Å²) >= 11 is 5.48. The van der Waals surface area contributed by atoms with Gasteiger partial charge in [0.05, 0.1) is 12.5 Å². The van der Waals surface area contributed by atoms with Crippen LogP contribution in [0.2, 0.25) is 0 Å². The third-order valence-corrected chi connectivity index (χ3v) is 2.64. The Kier molecular flexibility index (Phi) is 6.18. The van der Waals surface area contributed by atoms with Crippen molar-refractivity contribution >= 4 is 11.6 Å². The number of benzene rings is 1. The molecular weight excluding hydrogens is 263 g/mol. The predicted molar refractivity (Wildman–Crippen MR) is 78.2 cm³/mol. The Morgan fingerprint density at radius 1 is 1.26 bits per heavy atom. The molecule has 1 rings (SSSR count). The SMILES string of the molecule is CC(C)(C)CCCOc1cc(F)cc(C#CCCl)c1. The third kappa shape index (κ3) is 7.08. The number of rotatable bonds is 4. The van der Waals surface area contributed by atoms with Gasteiger partial charge in [0.15, 0.2) is 0 Å². The summed E-state index contributed by atoms with van der Waals surface area (Å²) in [5.41, 5.74) is 0.883. The first-order chi connectivity index (χ1) is 8.90. The Bertz CT molecular complexity index is 466. The smallest absolute Gasteiger partial charge is 0.128 e. The van der Waals surface area contributed by atoms with Crippen molar-refractivity contribution in [2.24, 2.45) is 5.41 Å². The van der Waals surface area contributed by atoms with Gasteiger partial charge in [0, 0.05) is 11.6 Å². The van der Waals surface area contributed by atoms with Crippen molar-refractivity contribution in [1.29, 1.82) is 0 Å². The summed E-state index contributed by atoms with van der Waals surface area (Å²) in [4.78, 5) is 0. The highest BCUT2D eigenvalue weighted by atomic mass is 35.5. The molecule has 1 nitrogen and oxygen atoms in total. The molecule has 0 N–H and O–H groups in total. The maximum absolute atomic E-state index is 13.4. The first-order valence-corrected chi connectivity index (χ1v) is 6.92. The number of hydrogen-bond donors (Lipinski definition) is 0. The van der Waals surface area contributed by atoms with Gasteiger partial charge in [-0.15, -0.1) is 11.6 Å². The van der Waals surface area contributed by atoms with E-state index in [1.54, 1.807) is 6.07 Å². The lowest BCUT2D eigenvalue weighted by atomic mass is 9.91. The number of alkyl halides is 1. The van der Waals surface area contributed by atoms with Crippen molar-refractivity contribution in [2.75, 3.05) is 12.5 Å². The van der Waals surface area contributed by atoms with Gasteiger partial charge in [0.1, 0.15) is 11.6 Å². The fourth-order valence-corrected chi connectivity index (χ4v) is 1.71. The maximum Gasteiger partial charge on any atom is 0.128 e. The van der Waals surface area contributed by atoms with Crippen LogP contribution in [-0.2, 0) is 0 Å². The predicted octanol–water partition coefficient (Wildman–Crippen LogP) is 4.62. The van der Waals surface area contributed by atoms with E-state index in [0.29, 0.717) is 23.3 Å². The van der Waals surface area contributed by atoms with Gasteiger partial charge < -0.3 is 4.74 Å². The molecule has 1 aromatic rings. The van der Waals surface area contributed by atoms with Crippen LogP contribution in [0.3, 0.4) is 0 Å². The molecule has 0 aliphatic carbocycles. The van der Waals surface area contributed by atoms with Gasteiger partial charge in [-0.1, -0.05) is 32.6 Å². The van der Waals surface area contributed by atoms with Gasteiger partial charge in [0.2, 0.25) is 0 Å². The van der Waals surface area contributed by atoms with Crippen LogP contribution in [0.25, 0.3) is 0 Å². The number of hydrogen-bond acceptors (Lipinski definition) is 1. The average Bonchev–Trinajstić information content (AvgIpc) is 2.30. The van der Waals surface area contributed by atoms with Crippen LogP contribution in [0.5, 0.6) is 5.75 Å². The molecule has 0 aliphatic rings. The Morgan fingerprint density at radius 3 is 2.63 bits per heavy atom. The second-order valence-electron chi connectivity index (χ2n) is 5.62. The van der Waals surface area contributed by atoms with Crippen molar-refractivity contribution in [2.45, 2.75) is 33.6 Å². The fourth-order valence-electron chi connectivity index (χ4n) is 1.65. The second kappa shape index (κ2) is 7.40. The molecule has 0 saturated heterocycles. The normalized spacial score (nSPS) is 10.8. The highest BCUT2D eigenvalue weighted by Gasteiger charge is 2.09. The Hall–Kier alpha value is -1.20. The zero-order valence-electron chi connectivity index (χ0n) is 11.7. The Balaban J connectivity index is 2.56. The summed E-state index contributed by atoms with van der Waals surface area (Å²) in [6.07, 6.45) is 2.02. The minimum atomic E-state index is -0.341. The van der Waals surface area contributed by atoms with Crippen LogP contribution in [-0.4, -0.2) is 12.5 Å². The molecule has 3 heteroatoms. The molecule has 0 aromatic heterocycles.